The molecular formula is C15H10F3IN6O. The van der Waals surface area contributed by atoms with E-state index in [1.807, 2.05) is 0 Å². The normalized spacial score (nSPS) is 12.2. The number of nitrogens with one attached hydrogen (secondary N) is 3. The molecule has 0 aliphatic rings. The summed E-state index contributed by atoms with van der Waals surface area (Å²) in [5.41, 5.74) is 0.953. The van der Waals surface area contributed by atoms with E-state index in [2.05, 4.69) is 48.1 Å². The van der Waals surface area contributed by atoms with Gasteiger partial charge >= 0.3 is 6.18 Å². The minimum atomic E-state index is -4.47. The summed E-state index contributed by atoms with van der Waals surface area (Å²) in [6.07, 6.45) is -2.93. The first kappa shape index (κ1) is 16.9. The zero-order valence-electron chi connectivity index (χ0n) is 12.9. The minimum absolute atomic E-state index is 0.164. The van der Waals surface area contributed by atoms with Crippen LogP contribution in [0.2, 0.25) is 0 Å². The van der Waals surface area contributed by atoms with Gasteiger partial charge in [-0.2, -0.15) is 13.2 Å². The maximum absolute atomic E-state index is 13.1. The molecule has 0 radical (unpaired) electrons. The van der Waals surface area contributed by atoms with Crippen molar-refractivity contribution in [1.29, 1.82) is 0 Å². The quantitative estimate of drug-likeness (QED) is 0.241. The van der Waals surface area contributed by atoms with Crippen molar-refractivity contribution in [3.05, 3.63) is 46.4 Å². The van der Waals surface area contributed by atoms with Crippen LogP contribution < -0.4 is 10.9 Å². The number of fused-ring (bicyclic) bond motifs is 3. The van der Waals surface area contributed by atoms with E-state index < -0.39 is 11.7 Å². The summed E-state index contributed by atoms with van der Waals surface area (Å²) in [6.45, 7) is 0. The molecule has 7 nitrogen and oxygen atoms in total. The van der Waals surface area contributed by atoms with Crippen LogP contribution >= 0.6 is 22.6 Å². The van der Waals surface area contributed by atoms with Gasteiger partial charge in [0.1, 0.15) is 0 Å². The lowest BCUT2D eigenvalue weighted by molar-refractivity contribution is -0.137. The van der Waals surface area contributed by atoms with Crippen LogP contribution in [0.25, 0.3) is 28.1 Å². The molecule has 11 heteroatoms. The average Bonchev–Trinajstić information content (AvgIpc) is 3.20. The Labute approximate surface area is 156 Å². The Morgan fingerprint density at radius 3 is 2.69 bits per heavy atom. The van der Waals surface area contributed by atoms with Gasteiger partial charge in [0.25, 0.3) is 5.56 Å². The third kappa shape index (κ3) is 2.71. The first-order valence-corrected chi connectivity index (χ1v) is 8.87. The summed E-state index contributed by atoms with van der Waals surface area (Å²) in [7, 11) is 0. The number of alkyl halides is 4. The number of aromatic amines is 2. The van der Waals surface area contributed by atoms with Gasteiger partial charge in [-0.3, -0.25) is 19.4 Å². The summed E-state index contributed by atoms with van der Waals surface area (Å²) >= 11 is 2.07. The maximum Gasteiger partial charge on any atom is 0.416 e. The van der Waals surface area contributed by atoms with Crippen molar-refractivity contribution in [3.8, 4) is 11.4 Å². The third-order valence-corrected chi connectivity index (χ3v) is 4.24. The topological polar surface area (TPSA) is 90.9 Å². The molecule has 0 amide bonds. The fourth-order valence-electron chi connectivity index (χ4n) is 2.75. The Kier molecular flexibility index (Phi) is 3.89. The molecule has 3 heterocycles. The Balaban J connectivity index is 2.08. The van der Waals surface area contributed by atoms with Crippen LogP contribution in [0, 0.1) is 0 Å². The number of nitrogens with zero attached hydrogens (tertiary/aromatic N) is 3. The molecule has 0 aliphatic carbocycles. The number of anilines is 1. The lowest BCUT2D eigenvalue weighted by Gasteiger charge is -2.12. The standard InChI is InChI=1S/C15H10F3IN6O/c16-15(17,18)7-1-2-10-8(3-7)22-13(21-6-19)14-20-5-11(25(10)14)9-4-12(26)24-23-9/h1-5H,6H2,(H,21,22)(H2,23,24,26). The number of hydrogen-bond donors (Lipinski definition) is 3. The lowest BCUT2D eigenvalue weighted by atomic mass is 10.2. The largest absolute Gasteiger partial charge is 0.416 e. The lowest BCUT2D eigenvalue weighted by Crippen LogP contribution is -2.07. The van der Waals surface area contributed by atoms with E-state index >= 15 is 0 Å². The van der Waals surface area contributed by atoms with Crippen LogP contribution in [0.5, 0.6) is 0 Å². The van der Waals surface area contributed by atoms with E-state index in [0.717, 1.165) is 12.1 Å². The summed E-state index contributed by atoms with van der Waals surface area (Å²) in [5.74, 6) is 0.357. The molecule has 0 bridgehead atoms. The zero-order chi connectivity index (χ0) is 18.5. The smallest absolute Gasteiger partial charge is 0.358 e. The molecule has 0 saturated carbocycles. The van der Waals surface area contributed by atoms with Crippen molar-refractivity contribution in [2.45, 2.75) is 6.18 Å². The van der Waals surface area contributed by atoms with Crippen LogP contribution in [0.1, 0.15) is 5.56 Å². The number of H-pyrrole nitrogens is 2. The highest BCUT2D eigenvalue weighted by molar-refractivity contribution is 14.1. The van der Waals surface area contributed by atoms with Crippen molar-refractivity contribution < 1.29 is 13.2 Å². The highest BCUT2D eigenvalue weighted by atomic mass is 127. The molecule has 26 heavy (non-hydrogen) atoms. The highest BCUT2D eigenvalue weighted by Gasteiger charge is 2.31. The van der Waals surface area contributed by atoms with E-state index in [-0.39, 0.29) is 11.1 Å². The number of rotatable bonds is 3. The first-order chi connectivity index (χ1) is 12.4. The van der Waals surface area contributed by atoms with E-state index in [9.17, 15) is 18.0 Å². The molecule has 4 rings (SSSR count). The molecule has 3 aromatic heterocycles. The Morgan fingerprint density at radius 2 is 2.04 bits per heavy atom. The van der Waals surface area contributed by atoms with E-state index in [1.165, 1.54) is 18.3 Å². The van der Waals surface area contributed by atoms with Gasteiger partial charge in [0.15, 0.2) is 11.5 Å². The van der Waals surface area contributed by atoms with E-state index in [4.69, 9.17) is 0 Å². The highest BCUT2D eigenvalue weighted by Crippen LogP contribution is 2.33. The fourth-order valence-corrected chi connectivity index (χ4v) is 3.11. The van der Waals surface area contributed by atoms with Crippen molar-refractivity contribution >= 4 is 45.1 Å². The van der Waals surface area contributed by atoms with Gasteiger partial charge < -0.3 is 5.32 Å². The van der Waals surface area contributed by atoms with Gasteiger partial charge in [0, 0.05) is 6.07 Å². The second-order valence-corrected chi connectivity index (χ2v) is 6.21. The van der Waals surface area contributed by atoms with Gasteiger partial charge in [-0.05, 0) is 18.2 Å². The molecule has 0 atom stereocenters. The van der Waals surface area contributed by atoms with Crippen molar-refractivity contribution in [2.75, 3.05) is 9.87 Å². The maximum atomic E-state index is 13.1. The molecule has 0 spiro atoms. The van der Waals surface area contributed by atoms with Crippen LogP contribution in [0.4, 0.5) is 19.0 Å². The van der Waals surface area contributed by atoms with Crippen LogP contribution in [0.15, 0.2) is 35.3 Å². The first-order valence-electron chi connectivity index (χ1n) is 7.35. The van der Waals surface area contributed by atoms with Crippen molar-refractivity contribution in [3.63, 3.8) is 0 Å². The van der Waals surface area contributed by atoms with Gasteiger partial charge in [-0.1, -0.05) is 22.6 Å². The molecule has 0 saturated heterocycles. The molecule has 0 aliphatic heterocycles. The molecule has 0 fully saturated rings. The number of halogens is 4. The molecule has 1 aromatic carbocycles. The van der Waals surface area contributed by atoms with Gasteiger partial charge in [-0.15, -0.1) is 0 Å². The Morgan fingerprint density at radius 1 is 1.23 bits per heavy atom. The fraction of sp³-hybridized carbons (Fsp3) is 0.133. The average molecular weight is 474 g/mol. The van der Waals surface area contributed by atoms with E-state index in [0.29, 0.717) is 32.9 Å². The van der Waals surface area contributed by atoms with Crippen molar-refractivity contribution in [2.24, 2.45) is 0 Å². The summed E-state index contributed by atoms with van der Waals surface area (Å²) in [6, 6.07) is 4.70. The Bertz CT molecular complexity index is 1180. The molecule has 0 unspecified atom stereocenters. The number of hydrogen-bond acceptors (Lipinski definition) is 4. The number of benzene rings is 1. The summed E-state index contributed by atoms with van der Waals surface area (Å²) in [5, 5.41) is 8.17. The van der Waals surface area contributed by atoms with Gasteiger partial charge in [-0.25, -0.2) is 9.97 Å². The van der Waals surface area contributed by atoms with Crippen LogP contribution in [0.3, 0.4) is 0 Å². The molecule has 134 valence electrons. The molecular weight excluding hydrogens is 464 g/mol. The summed E-state index contributed by atoms with van der Waals surface area (Å²) < 4.78 is 41.3. The van der Waals surface area contributed by atoms with E-state index in [1.54, 1.807) is 4.40 Å². The number of aromatic nitrogens is 5. The summed E-state index contributed by atoms with van der Waals surface area (Å²) in [4.78, 5) is 20.1. The predicted octanol–water partition coefficient (Wildman–Crippen LogP) is 3.39. The second kappa shape index (κ2) is 6.00. The van der Waals surface area contributed by atoms with Gasteiger partial charge in [0.2, 0.25) is 0 Å². The zero-order valence-corrected chi connectivity index (χ0v) is 15.0. The van der Waals surface area contributed by atoms with Gasteiger partial charge in [0.05, 0.1) is 38.7 Å². The number of imidazole rings is 1. The Hall–Kier alpha value is -2.57. The van der Waals surface area contributed by atoms with Crippen LogP contribution in [-0.2, 0) is 6.18 Å². The molecule has 3 N–H and O–H groups in total. The monoisotopic (exact) mass is 474 g/mol. The predicted molar refractivity (Wildman–Crippen MR) is 98.4 cm³/mol. The SMILES string of the molecule is O=c1cc(-c2cnc3c(NCI)nc4cc(C(F)(F)F)ccc4n23)[nH][nH]1. The van der Waals surface area contributed by atoms with Crippen molar-refractivity contribution in [1.82, 2.24) is 24.6 Å². The second-order valence-electron chi connectivity index (χ2n) is 5.45. The third-order valence-electron chi connectivity index (χ3n) is 3.86. The minimum Gasteiger partial charge on any atom is -0.358 e. The molecule has 4 aromatic rings. The van der Waals surface area contributed by atoms with Crippen LogP contribution in [-0.4, -0.2) is 29.1 Å².